The first-order valence-electron chi connectivity index (χ1n) is 6.66. The molecule has 3 rings (SSSR count). The Hall–Kier alpha value is -2.82. The lowest BCUT2D eigenvalue weighted by Crippen LogP contribution is -2.04. The number of nitrogens with zero attached hydrogens (tertiary/aromatic N) is 2. The van der Waals surface area contributed by atoms with Gasteiger partial charge in [-0.05, 0) is 24.1 Å². The number of rotatable bonds is 2. The van der Waals surface area contributed by atoms with Crippen LogP contribution in [0.15, 0.2) is 47.3 Å². The summed E-state index contributed by atoms with van der Waals surface area (Å²) in [6, 6.07) is 13.0. The van der Waals surface area contributed by atoms with Gasteiger partial charge in [0.2, 0.25) is 5.56 Å². The van der Waals surface area contributed by atoms with Crippen LogP contribution in [0.2, 0.25) is 0 Å². The standard InChI is InChI=1S/C16H16N4O/c1-10-6-3-4-7-11(10)14-15(19-20(2)16(14)17)12-8-5-9-13(21)18-12/h3-9H,17H2,1-2H3,(H,18,21). The van der Waals surface area contributed by atoms with Gasteiger partial charge in [0, 0.05) is 13.1 Å². The number of benzene rings is 1. The number of aryl methyl sites for hydroxylation is 2. The van der Waals surface area contributed by atoms with Crippen LogP contribution in [0.25, 0.3) is 22.5 Å². The fraction of sp³-hybridized carbons (Fsp3) is 0.125. The highest BCUT2D eigenvalue weighted by Crippen LogP contribution is 2.36. The Morgan fingerprint density at radius 1 is 1.14 bits per heavy atom. The molecule has 5 heteroatoms. The summed E-state index contributed by atoms with van der Waals surface area (Å²) in [4.78, 5) is 14.4. The fourth-order valence-electron chi connectivity index (χ4n) is 2.43. The number of aromatic nitrogens is 3. The number of aromatic amines is 1. The number of nitrogens with two attached hydrogens (primary N) is 1. The largest absolute Gasteiger partial charge is 0.383 e. The average molecular weight is 280 g/mol. The number of anilines is 1. The molecule has 5 nitrogen and oxygen atoms in total. The van der Waals surface area contributed by atoms with Crippen LogP contribution < -0.4 is 11.3 Å². The molecule has 0 spiro atoms. The van der Waals surface area contributed by atoms with Gasteiger partial charge in [-0.1, -0.05) is 30.3 Å². The van der Waals surface area contributed by atoms with Crippen LogP contribution in [0.1, 0.15) is 5.56 Å². The van der Waals surface area contributed by atoms with E-state index in [0.717, 1.165) is 16.7 Å². The molecular weight excluding hydrogens is 264 g/mol. The molecule has 0 atom stereocenters. The van der Waals surface area contributed by atoms with Crippen LogP contribution in [0, 0.1) is 6.92 Å². The Morgan fingerprint density at radius 2 is 1.90 bits per heavy atom. The molecule has 21 heavy (non-hydrogen) atoms. The van der Waals surface area contributed by atoms with Gasteiger partial charge in [-0.2, -0.15) is 5.10 Å². The van der Waals surface area contributed by atoms with Gasteiger partial charge in [-0.25, -0.2) is 0 Å². The molecule has 0 aliphatic heterocycles. The summed E-state index contributed by atoms with van der Waals surface area (Å²) < 4.78 is 1.63. The first-order chi connectivity index (χ1) is 10.1. The van der Waals surface area contributed by atoms with Crippen LogP contribution in [0.4, 0.5) is 5.82 Å². The van der Waals surface area contributed by atoms with Crippen molar-refractivity contribution in [1.29, 1.82) is 0 Å². The minimum absolute atomic E-state index is 0.160. The normalized spacial score (nSPS) is 10.8. The Balaban J connectivity index is 2.31. The zero-order valence-corrected chi connectivity index (χ0v) is 11.9. The molecule has 0 amide bonds. The molecule has 0 aliphatic carbocycles. The molecule has 2 heterocycles. The second kappa shape index (κ2) is 4.94. The summed E-state index contributed by atoms with van der Waals surface area (Å²) in [6.07, 6.45) is 0. The number of pyridine rings is 1. The van der Waals surface area contributed by atoms with Crippen LogP contribution in [-0.2, 0) is 7.05 Å². The smallest absolute Gasteiger partial charge is 0.248 e. The van der Waals surface area contributed by atoms with Crippen molar-refractivity contribution in [3.8, 4) is 22.5 Å². The predicted octanol–water partition coefficient (Wildman–Crippen LogP) is 2.33. The van der Waals surface area contributed by atoms with E-state index in [0.29, 0.717) is 17.2 Å². The molecule has 0 saturated carbocycles. The summed E-state index contributed by atoms with van der Waals surface area (Å²) >= 11 is 0. The number of nitrogen functional groups attached to an aromatic ring is 1. The third-order valence-electron chi connectivity index (χ3n) is 3.53. The highest BCUT2D eigenvalue weighted by atomic mass is 16.1. The number of H-pyrrole nitrogens is 1. The second-order valence-electron chi connectivity index (χ2n) is 4.98. The van der Waals surface area contributed by atoms with Crippen molar-refractivity contribution in [2.24, 2.45) is 7.05 Å². The van der Waals surface area contributed by atoms with Crippen molar-refractivity contribution in [3.05, 3.63) is 58.4 Å². The maximum atomic E-state index is 11.5. The monoisotopic (exact) mass is 280 g/mol. The quantitative estimate of drug-likeness (QED) is 0.756. The fourth-order valence-corrected chi connectivity index (χ4v) is 2.43. The molecule has 106 valence electrons. The molecule has 0 aliphatic rings. The van der Waals surface area contributed by atoms with E-state index in [2.05, 4.69) is 10.1 Å². The summed E-state index contributed by atoms with van der Waals surface area (Å²) in [7, 11) is 1.79. The van der Waals surface area contributed by atoms with Gasteiger partial charge in [0.1, 0.15) is 11.5 Å². The van der Waals surface area contributed by atoms with Gasteiger partial charge in [-0.3, -0.25) is 9.48 Å². The third-order valence-corrected chi connectivity index (χ3v) is 3.53. The number of hydrogen-bond acceptors (Lipinski definition) is 3. The van der Waals surface area contributed by atoms with E-state index in [1.54, 1.807) is 17.8 Å². The molecule has 0 radical (unpaired) electrons. The molecule has 0 saturated heterocycles. The molecule has 3 aromatic rings. The number of hydrogen-bond donors (Lipinski definition) is 2. The van der Waals surface area contributed by atoms with E-state index < -0.39 is 0 Å². The van der Waals surface area contributed by atoms with Gasteiger partial charge in [-0.15, -0.1) is 0 Å². The van der Waals surface area contributed by atoms with Crippen molar-refractivity contribution in [1.82, 2.24) is 14.8 Å². The van der Waals surface area contributed by atoms with Crippen molar-refractivity contribution in [3.63, 3.8) is 0 Å². The van der Waals surface area contributed by atoms with Gasteiger partial charge in [0.25, 0.3) is 0 Å². The molecular formula is C16H16N4O. The lowest BCUT2D eigenvalue weighted by molar-refractivity contribution is 0.781. The van der Waals surface area contributed by atoms with E-state index in [-0.39, 0.29) is 5.56 Å². The topological polar surface area (TPSA) is 76.7 Å². The van der Waals surface area contributed by atoms with Crippen LogP contribution in [-0.4, -0.2) is 14.8 Å². The maximum Gasteiger partial charge on any atom is 0.248 e. The molecule has 3 N–H and O–H groups in total. The van der Waals surface area contributed by atoms with E-state index in [1.165, 1.54) is 6.07 Å². The van der Waals surface area contributed by atoms with E-state index in [4.69, 9.17) is 5.73 Å². The lowest BCUT2D eigenvalue weighted by Gasteiger charge is -2.07. The minimum atomic E-state index is -0.160. The Labute approximate surface area is 122 Å². The Bertz CT molecular complexity index is 861. The van der Waals surface area contributed by atoms with E-state index in [9.17, 15) is 4.79 Å². The molecule has 0 unspecified atom stereocenters. The zero-order valence-electron chi connectivity index (χ0n) is 11.9. The first kappa shape index (κ1) is 13.2. The Morgan fingerprint density at radius 3 is 2.62 bits per heavy atom. The van der Waals surface area contributed by atoms with Crippen molar-refractivity contribution >= 4 is 5.82 Å². The van der Waals surface area contributed by atoms with Crippen LogP contribution in [0.3, 0.4) is 0 Å². The van der Waals surface area contributed by atoms with Crippen molar-refractivity contribution in [2.45, 2.75) is 6.92 Å². The summed E-state index contributed by atoms with van der Waals surface area (Å²) in [5, 5.41) is 4.46. The Kier molecular flexibility index (Phi) is 3.10. The molecule has 0 bridgehead atoms. The molecule has 1 aromatic carbocycles. The zero-order chi connectivity index (χ0) is 15.0. The second-order valence-corrected chi connectivity index (χ2v) is 4.98. The van der Waals surface area contributed by atoms with E-state index in [1.807, 2.05) is 37.3 Å². The maximum absolute atomic E-state index is 11.5. The highest BCUT2D eigenvalue weighted by Gasteiger charge is 2.18. The average Bonchev–Trinajstić information content (AvgIpc) is 2.76. The predicted molar refractivity (Wildman–Crippen MR) is 83.9 cm³/mol. The van der Waals surface area contributed by atoms with Crippen LogP contribution >= 0.6 is 0 Å². The molecule has 0 fully saturated rings. The van der Waals surface area contributed by atoms with Gasteiger partial charge >= 0.3 is 0 Å². The lowest BCUT2D eigenvalue weighted by atomic mass is 9.99. The highest BCUT2D eigenvalue weighted by molar-refractivity contribution is 5.88. The SMILES string of the molecule is Cc1ccccc1-c1c(-c2cccc(=O)[nH]2)nn(C)c1N. The minimum Gasteiger partial charge on any atom is -0.383 e. The first-order valence-corrected chi connectivity index (χ1v) is 6.66. The van der Waals surface area contributed by atoms with Gasteiger partial charge in [0.15, 0.2) is 0 Å². The van der Waals surface area contributed by atoms with Gasteiger partial charge < -0.3 is 10.7 Å². The molecule has 2 aromatic heterocycles. The van der Waals surface area contributed by atoms with Crippen LogP contribution in [0.5, 0.6) is 0 Å². The summed E-state index contributed by atoms with van der Waals surface area (Å²) in [5.41, 5.74) is 10.3. The number of nitrogens with one attached hydrogen (secondary N) is 1. The van der Waals surface area contributed by atoms with Gasteiger partial charge in [0.05, 0.1) is 11.3 Å². The van der Waals surface area contributed by atoms with Crippen molar-refractivity contribution < 1.29 is 0 Å². The third kappa shape index (κ3) is 2.23. The summed E-state index contributed by atoms with van der Waals surface area (Å²) in [5.74, 6) is 0.573. The van der Waals surface area contributed by atoms with Crippen molar-refractivity contribution in [2.75, 3.05) is 5.73 Å². The van der Waals surface area contributed by atoms with E-state index >= 15 is 0 Å². The summed E-state index contributed by atoms with van der Waals surface area (Å²) in [6.45, 7) is 2.03.